The van der Waals surface area contributed by atoms with E-state index in [9.17, 15) is 4.79 Å². The van der Waals surface area contributed by atoms with Crippen LogP contribution in [0.25, 0.3) is 32.8 Å². The van der Waals surface area contributed by atoms with Crippen molar-refractivity contribution in [3.8, 4) is 11.3 Å². The van der Waals surface area contributed by atoms with Crippen molar-refractivity contribution >= 4 is 39.7 Å². The summed E-state index contributed by atoms with van der Waals surface area (Å²) < 4.78 is 0. The first kappa shape index (κ1) is 20.4. The molecule has 1 aromatic heterocycles. The summed E-state index contributed by atoms with van der Waals surface area (Å²) >= 11 is 0. The smallest absolute Gasteiger partial charge is 0.164 e. The number of aromatic amines is 1. The van der Waals surface area contributed by atoms with E-state index in [0.717, 1.165) is 38.9 Å². The monoisotopic (exact) mass is 439 g/mol. The molecule has 2 heterocycles. The Labute approximate surface area is 192 Å². The third-order valence-corrected chi connectivity index (χ3v) is 6.24. The van der Waals surface area contributed by atoms with Crippen molar-refractivity contribution in [2.24, 2.45) is 0 Å². The Morgan fingerprint density at radius 1 is 0.844 bits per heavy atom. The Bertz CT molecular complexity index is 1460. The molecule has 0 saturated heterocycles. The molecule has 4 aromatic carbocycles. The molecule has 1 unspecified atom stereocenters. The normalized spacial score (nSPS) is 14.9. The Morgan fingerprint density at radius 3 is 2.25 bits per heavy atom. The van der Waals surface area contributed by atoms with Crippen LogP contribution in [0.5, 0.6) is 0 Å². The summed E-state index contributed by atoms with van der Waals surface area (Å²) in [5.74, 6) is 0.141. The minimum Gasteiger partial charge on any atom is -0.304 e. The quantitative estimate of drug-likeness (QED) is 0.327. The maximum absolute atomic E-state index is 13.1. The van der Waals surface area contributed by atoms with Gasteiger partial charge in [0, 0.05) is 35.7 Å². The van der Waals surface area contributed by atoms with Gasteiger partial charge in [-0.05, 0) is 33.7 Å². The summed E-state index contributed by atoms with van der Waals surface area (Å²) in [7, 11) is 0. The zero-order valence-electron chi connectivity index (χ0n) is 17.3. The van der Waals surface area contributed by atoms with Crippen LogP contribution in [0.4, 0.5) is 0 Å². The molecule has 1 aliphatic rings. The molecule has 0 amide bonds. The molecule has 0 fully saturated rings. The molecule has 6 rings (SSSR count). The van der Waals surface area contributed by atoms with Gasteiger partial charge in [0.2, 0.25) is 0 Å². The van der Waals surface area contributed by atoms with E-state index in [2.05, 4.69) is 51.9 Å². The molecular formula is C27H22ClN3O. The van der Waals surface area contributed by atoms with Crippen LogP contribution in [0.15, 0.2) is 84.9 Å². The predicted molar refractivity (Wildman–Crippen MR) is 131 cm³/mol. The zero-order chi connectivity index (χ0) is 20.8. The minimum atomic E-state index is -0.0470. The Morgan fingerprint density at radius 2 is 1.50 bits per heavy atom. The Balaban J connectivity index is 0.00000216. The fourth-order valence-corrected chi connectivity index (χ4v) is 4.62. The highest BCUT2D eigenvalue weighted by molar-refractivity contribution is 6.00. The van der Waals surface area contributed by atoms with Crippen LogP contribution in [0, 0.1) is 0 Å². The number of carbonyl (C=O) groups excluding carboxylic acids is 1. The van der Waals surface area contributed by atoms with Crippen LogP contribution in [-0.2, 0) is 6.54 Å². The zero-order valence-corrected chi connectivity index (χ0v) is 18.2. The van der Waals surface area contributed by atoms with Gasteiger partial charge in [0.05, 0.1) is 11.4 Å². The maximum atomic E-state index is 13.1. The van der Waals surface area contributed by atoms with Crippen molar-refractivity contribution in [2.45, 2.75) is 19.0 Å². The molecule has 0 saturated carbocycles. The van der Waals surface area contributed by atoms with Gasteiger partial charge in [-0.25, -0.2) is 0 Å². The average Bonchev–Trinajstić information content (AvgIpc) is 3.41. The van der Waals surface area contributed by atoms with E-state index in [1.807, 2.05) is 48.5 Å². The highest BCUT2D eigenvalue weighted by atomic mass is 35.5. The van der Waals surface area contributed by atoms with Crippen LogP contribution < -0.4 is 5.32 Å². The number of aromatic nitrogens is 2. The van der Waals surface area contributed by atoms with E-state index in [-0.39, 0.29) is 24.2 Å². The number of benzene rings is 4. The fraction of sp³-hybridized carbons (Fsp3) is 0.111. The fourth-order valence-electron chi connectivity index (χ4n) is 4.62. The summed E-state index contributed by atoms with van der Waals surface area (Å²) in [5.41, 5.74) is 4.94. The number of hydrogen-bond donors (Lipinski definition) is 2. The number of ketones is 1. The van der Waals surface area contributed by atoms with Crippen LogP contribution in [-0.4, -0.2) is 16.0 Å². The highest BCUT2D eigenvalue weighted by Gasteiger charge is 2.30. The van der Waals surface area contributed by atoms with Gasteiger partial charge in [-0.15, -0.1) is 12.4 Å². The lowest BCUT2D eigenvalue weighted by atomic mass is 9.95. The lowest BCUT2D eigenvalue weighted by molar-refractivity contribution is 0.0970. The molecule has 4 nitrogen and oxygen atoms in total. The van der Waals surface area contributed by atoms with Crippen LogP contribution in [0.3, 0.4) is 0 Å². The Kier molecular flexibility index (Phi) is 5.25. The van der Waals surface area contributed by atoms with Crippen molar-refractivity contribution in [3.05, 3.63) is 102 Å². The first-order valence-corrected chi connectivity index (χ1v) is 10.6. The van der Waals surface area contributed by atoms with Gasteiger partial charge in [0.15, 0.2) is 5.78 Å². The van der Waals surface area contributed by atoms with Crippen molar-refractivity contribution in [3.63, 3.8) is 0 Å². The van der Waals surface area contributed by atoms with E-state index in [1.54, 1.807) is 0 Å². The van der Waals surface area contributed by atoms with Gasteiger partial charge in [0.1, 0.15) is 0 Å². The van der Waals surface area contributed by atoms with Crippen LogP contribution in [0.2, 0.25) is 0 Å². The van der Waals surface area contributed by atoms with E-state index < -0.39 is 0 Å². The molecule has 0 bridgehead atoms. The second-order valence-electron chi connectivity index (χ2n) is 8.15. The molecule has 32 heavy (non-hydrogen) atoms. The van der Waals surface area contributed by atoms with Gasteiger partial charge >= 0.3 is 0 Å². The number of Topliss-reactive ketones (excluding diaryl/α,β-unsaturated/α-hetero) is 1. The van der Waals surface area contributed by atoms with Crippen molar-refractivity contribution in [2.75, 3.05) is 0 Å². The number of H-pyrrole nitrogens is 1. The molecule has 1 atom stereocenters. The maximum Gasteiger partial charge on any atom is 0.164 e. The number of carbonyl (C=O) groups is 1. The number of rotatable bonds is 4. The number of fused-ring (bicyclic) bond motifs is 3. The molecule has 0 aliphatic carbocycles. The first-order chi connectivity index (χ1) is 15.3. The average molecular weight is 440 g/mol. The lowest BCUT2D eigenvalue weighted by Crippen LogP contribution is -2.17. The van der Waals surface area contributed by atoms with Gasteiger partial charge in [-0.1, -0.05) is 72.8 Å². The van der Waals surface area contributed by atoms with E-state index in [4.69, 9.17) is 0 Å². The summed E-state index contributed by atoms with van der Waals surface area (Å²) in [6.45, 7) is 0.700. The molecule has 0 spiro atoms. The number of nitrogens with one attached hydrogen (secondary N) is 2. The standard InChI is InChI=1S/C27H21N3O.ClH/c31-25(21-11-9-17-5-1-3-7-19(17)13-21)15-23-26-24(16-28-23)29-30-27(26)22-12-10-18-6-2-4-8-20(18)14-22;/h1-14,23,28H,15-16H2,(H,29,30);1H. The van der Waals surface area contributed by atoms with E-state index in [0.29, 0.717) is 13.0 Å². The van der Waals surface area contributed by atoms with Crippen molar-refractivity contribution < 1.29 is 4.79 Å². The minimum absolute atomic E-state index is 0. The van der Waals surface area contributed by atoms with Crippen molar-refractivity contribution in [1.82, 2.24) is 15.5 Å². The van der Waals surface area contributed by atoms with Gasteiger partial charge < -0.3 is 5.32 Å². The van der Waals surface area contributed by atoms with Gasteiger partial charge in [-0.3, -0.25) is 9.89 Å². The highest BCUT2D eigenvalue weighted by Crippen LogP contribution is 2.36. The number of hydrogen-bond acceptors (Lipinski definition) is 3. The molecule has 2 N–H and O–H groups in total. The third kappa shape index (κ3) is 3.48. The number of halogens is 1. The lowest BCUT2D eigenvalue weighted by Gasteiger charge is -2.13. The van der Waals surface area contributed by atoms with E-state index in [1.165, 1.54) is 10.8 Å². The molecule has 158 valence electrons. The van der Waals surface area contributed by atoms with Crippen LogP contribution >= 0.6 is 12.4 Å². The first-order valence-electron chi connectivity index (χ1n) is 10.6. The summed E-state index contributed by atoms with van der Waals surface area (Å²) in [6.07, 6.45) is 0.408. The van der Waals surface area contributed by atoms with E-state index >= 15 is 0 Å². The molecular weight excluding hydrogens is 418 g/mol. The third-order valence-electron chi connectivity index (χ3n) is 6.24. The van der Waals surface area contributed by atoms with Crippen molar-refractivity contribution in [1.29, 1.82) is 0 Å². The number of nitrogens with zero attached hydrogens (tertiary/aromatic N) is 1. The molecule has 0 radical (unpaired) electrons. The molecule has 5 aromatic rings. The largest absolute Gasteiger partial charge is 0.304 e. The van der Waals surface area contributed by atoms with Crippen LogP contribution in [0.1, 0.15) is 34.1 Å². The van der Waals surface area contributed by atoms with Gasteiger partial charge in [-0.2, -0.15) is 5.10 Å². The second kappa shape index (κ2) is 8.23. The summed E-state index contributed by atoms with van der Waals surface area (Å²) in [6, 6.07) is 28.8. The second-order valence-corrected chi connectivity index (χ2v) is 8.15. The molecule has 5 heteroatoms. The predicted octanol–water partition coefficient (Wildman–Crippen LogP) is 6.22. The molecule has 1 aliphatic heterocycles. The Hall–Kier alpha value is -3.47. The topological polar surface area (TPSA) is 57.8 Å². The van der Waals surface area contributed by atoms with Gasteiger partial charge in [0.25, 0.3) is 0 Å². The summed E-state index contributed by atoms with van der Waals surface area (Å²) in [5, 5.41) is 15.9. The summed E-state index contributed by atoms with van der Waals surface area (Å²) in [4.78, 5) is 13.1. The SMILES string of the molecule is Cl.O=C(CC1NCc2[nH]nc(-c3ccc4ccccc4c3)c21)c1ccc2ccccc2c1.